The lowest BCUT2D eigenvalue weighted by Gasteiger charge is -2.28. The van der Waals surface area contributed by atoms with Crippen molar-refractivity contribution in [1.29, 1.82) is 0 Å². The third-order valence-corrected chi connectivity index (χ3v) is 5.34. The lowest BCUT2D eigenvalue weighted by molar-refractivity contribution is -0.608. The summed E-state index contributed by atoms with van der Waals surface area (Å²) in [7, 11) is 0. The predicted molar refractivity (Wildman–Crippen MR) is 109 cm³/mol. The monoisotopic (exact) mass is 408 g/mol. The molecule has 8 heteroatoms. The highest BCUT2D eigenvalue weighted by molar-refractivity contribution is 5.91. The summed E-state index contributed by atoms with van der Waals surface area (Å²) in [6.45, 7) is 2.49. The summed E-state index contributed by atoms with van der Waals surface area (Å²) in [6, 6.07) is 11.0. The molecule has 8 nitrogen and oxygen atoms in total. The van der Waals surface area contributed by atoms with Crippen LogP contribution in [-0.2, 0) is 11.2 Å². The Labute approximate surface area is 174 Å². The maximum Gasteiger partial charge on any atom is 0.317 e. The molecular weight excluding hydrogens is 384 g/mol. The van der Waals surface area contributed by atoms with Crippen LogP contribution in [0.4, 0.5) is 0 Å². The summed E-state index contributed by atoms with van der Waals surface area (Å²) in [6.07, 6.45) is 5.35. The van der Waals surface area contributed by atoms with Crippen molar-refractivity contribution in [3.05, 3.63) is 82.6 Å². The topological polar surface area (TPSA) is 103 Å². The van der Waals surface area contributed by atoms with E-state index in [1.807, 2.05) is 43.5 Å². The van der Waals surface area contributed by atoms with Crippen LogP contribution < -0.4 is 10.0 Å². The number of carbonyl (C=O) groups excluding carboxylic acids is 1. The van der Waals surface area contributed by atoms with Crippen molar-refractivity contribution in [2.45, 2.75) is 31.9 Å². The number of aromatic nitrogens is 3. The second-order valence-electron chi connectivity index (χ2n) is 7.50. The van der Waals surface area contributed by atoms with E-state index in [4.69, 9.17) is 4.74 Å². The Kier molecular flexibility index (Phi) is 5.78. The lowest BCUT2D eigenvalue weighted by Crippen LogP contribution is -2.51. The molecule has 3 heterocycles. The van der Waals surface area contributed by atoms with Gasteiger partial charge in [-0.05, 0) is 49.1 Å². The number of nitrogens with one attached hydrogen (secondary N) is 1. The molecule has 1 aliphatic heterocycles. The van der Waals surface area contributed by atoms with Crippen LogP contribution in [0.5, 0.6) is 0 Å². The van der Waals surface area contributed by atoms with Crippen LogP contribution in [0, 0.1) is 12.1 Å². The Hall–Kier alpha value is -3.23. The Morgan fingerprint density at radius 3 is 2.90 bits per heavy atom. The largest absolute Gasteiger partial charge is 0.618 e. The first kappa shape index (κ1) is 20.1. The van der Waals surface area contributed by atoms with Crippen molar-refractivity contribution < 1.29 is 19.4 Å². The quantitative estimate of drug-likeness (QED) is 0.489. The van der Waals surface area contributed by atoms with Gasteiger partial charge in [-0.3, -0.25) is 4.79 Å². The number of pyridine rings is 1. The molecule has 0 unspecified atom stereocenters. The van der Waals surface area contributed by atoms with Crippen LogP contribution in [-0.4, -0.2) is 46.2 Å². The van der Waals surface area contributed by atoms with Gasteiger partial charge in [-0.15, -0.1) is 0 Å². The molecule has 0 spiro atoms. The summed E-state index contributed by atoms with van der Waals surface area (Å²) < 4.78 is 7.55. The van der Waals surface area contributed by atoms with Crippen molar-refractivity contribution in [3.8, 4) is 5.69 Å². The zero-order chi connectivity index (χ0) is 21.1. The molecule has 1 amide bonds. The summed E-state index contributed by atoms with van der Waals surface area (Å²) >= 11 is 0. The molecule has 0 aliphatic carbocycles. The molecule has 4 rings (SSSR count). The smallest absolute Gasteiger partial charge is 0.317 e. The fourth-order valence-corrected chi connectivity index (χ4v) is 3.57. The second-order valence-corrected chi connectivity index (χ2v) is 7.50. The Morgan fingerprint density at radius 2 is 2.20 bits per heavy atom. The molecule has 30 heavy (non-hydrogen) atoms. The predicted octanol–water partition coefficient (Wildman–Crippen LogP) is 1.28. The molecule has 1 fully saturated rings. The van der Waals surface area contributed by atoms with E-state index in [1.54, 1.807) is 16.9 Å². The van der Waals surface area contributed by atoms with Crippen LogP contribution in [0.3, 0.4) is 0 Å². The van der Waals surface area contributed by atoms with Gasteiger partial charge in [-0.1, -0.05) is 12.1 Å². The first-order valence-corrected chi connectivity index (χ1v) is 9.89. The third kappa shape index (κ3) is 4.34. The van der Waals surface area contributed by atoms with Crippen LogP contribution in [0.2, 0.25) is 0 Å². The lowest BCUT2D eigenvalue weighted by atomic mass is 10.0. The van der Waals surface area contributed by atoms with E-state index in [-0.39, 0.29) is 12.3 Å². The highest BCUT2D eigenvalue weighted by Crippen LogP contribution is 2.16. The van der Waals surface area contributed by atoms with Gasteiger partial charge in [0, 0.05) is 30.6 Å². The van der Waals surface area contributed by atoms with E-state index < -0.39 is 18.1 Å². The van der Waals surface area contributed by atoms with Crippen molar-refractivity contribution in [2.75, 3.05) is 13.2 Å². The molecule has 0 bridgehead atoms. The summed E-state index contributed by atoms with van der Waals surface area (Å²) in [5.74, 6) is -0.494. The van der Waals surface area contributed by atoms with Crippen LogP contribution in [0.15, 0.2) is 55.0 Å². The standard InChI is InChI=1S/C22H24N4O4/c1-15-13-26(29)20(22(28)24-19-7-10-30-14-21(19)27)12-17(15)11-16-3-5-18(6-4-16)25-9-2-8-23-25/h2-6,8-9,12-13,19,21,27H,7,10-11,14H2,1H3,(H,24,28)/t19-,21-/m0/s1. The van der Waals surface area contributed by atoms with E-state index in [9.17, 15) is 15.1 Å². The fraction of sp³-hybridized carbons (Fsp3) is 0.318. The molecule has 1 saturated heterocycles. The number of nitrogens with zero attached hydrogens (tertiary/aromatic N) is 3. The van der Waals surface area contributed by atoms with Gasteiger partial charge in [-0.2, -0.15) is 9.83 Å². The van der Waals surface area contributed by atoms with Crippen molar-refractivity contribution in [2.24, 2.45) is 0 Å². The second kappa shape index (κ2) is 8.64. The highest BCUT2D eigenvalue weighted by atomic mass is 16.5. The maximum atomic E-state index is 12.7. The first-order valence-electron chi connectivity index (χ1n) is 9.89. The molecule has 156 valence electrons. The Morgan fingerprint density at radius 1 is 1.40 bits per heavy atom. The number of hydrogen-bond donors (Lipinski definition) is 2. The van der Waals surface area contributed by atoms with Crippen molar-refractivity contribution >= 4 is 5.91 Å². The molecule has 0 radical (unpaired) electrons. The normalized spacial score (nSPS) is 18.9. The van der Waals surface area contributed by atoms with Gasteiger partial charge >= 0.3 is 5.91 Å². The SMILES string of the molecule is Cc1c[n+]([O-])c(C(=O)N[C@H]2CCOC[C@@H]2O)cc1Cc1ccc(-n2cccn2)cc1. The van der Waals surface area contributed by atoms with Gasteiger partial charge in [0.05, 0.1) is 24.4 Å². The van der Waals surface area contributed by atoms with Crippen LogP contribution in [0.25, 0.3) is 5.69 Å². The van der Waals surface area contributed by atoms with E-state index in [0.717, 1.165) is 22.4 Å². The average Bonchev–Trinajstić information content (AvgIpc) is 3.27. The van der Waals surface area contributed by atoms with Gasteiger partial charge in [0.2, 0.25) is 0 Å². The fourth-order valence-electron chi connectivity index (χ4n) is 3.57. The van der Waals surface area contributed by atoms with Gasteiger partial charge in [0.25, 0.3) is 5.69 Å². The van der Waals surface area contributed by atoms with Gasteiger partial charge in [-0.25, -0.2) is 4.68 Å². The van der Waals surface area contributed by atoms with Crippen LogP contribution in [0.1, 0.15) is 33.6 Å². The van der Waals surface area contributed by atoms with Crippen molar-refractivity contribution in [3.63, 3.8) is 0 Å². The molecule has 3 aromatic rings. The average molecular weight is 408 g/mol. The number of aliphatic hydroxyl groups excluding tert-OH is 1. The Bertz CT molecular complexity index is 1020. The molecule has 1 aromatic carbocycles. The van der Waals surface area contributed by atoms with E-state index in [2.05, 4.69) is 10.4 Å². The summed E-state index contributed by atoms with van der Waals surface area (Å²) in [5.41, 5.74) is 3.74. The number of benzene rings is 1. The number of amides is 1. The minimum absolute atomic E-state index is 0.0162. The molecule has 2 aromatic heterocycles. The number of aliphatic hydroxyl groups is 1. The van der Waals surface area contributed by atoms with E-state index >= 15 is 0 Å². The highest BCUT2D eigenvalue weighted by Gasteiger charge is 2.28. The van der Waals surface area contributed by atoms with Gasteiger partial charge in [0.1, 0.15) is 0 Å². The summed E-state index contributed by atoms with van der Waals surface area (Å²) in [5, 5.41) is 29.3. The first-order chi connectivity index (χ1) is 14.5. The number of aryl methyl sites for hydroxylation is 1. The Balaban J connectivity index is 1.52. The molecule has 1 aliphatic rings. The van der Waals surface area contributed by atoms with Crippen molar-refractivity contribution in [1.82, 2.24) is 15.1 Å². The van der Waals surface area contributed by atoms with E-state index in [0.29, 0.717) is 24.2 Å². The minimum Gasteiger partial charge on any atom is -0.618 e. The molecular formula is C22H24N4O4. The molecule has 0 saturated carbocycles. The zero-order valence-electron chi connectivity index (χ0n) is 16.7. The number of ether oxygens (including phenoxy) is 1. The number of carbonyl (C=O) groups is 1. The minimum atomic E-state index is -0.777. The number of hydrogen-bond acceptors (Lipinski definition) is 5. The zero-order valence-corrected chi connectivity index (χ0v) is 16.7. The summed E-state index contributed by atoms with van der Waals surface area (Å²) in [4.78, 5) is 12.7. The van der Waals surface area contributed by atoms with E-state index in [1.165, 1.54) is 6.20 Å². The van der Waals surface area contributed by atoms with Gasteiger partial charge in [0.15, 0.2) is 6.20 Å². The molecule has 2 N–H and O–H groups in total. The molecule has 2 atom stereocenters. The number of rotatable bonds is 5. The third-order valence-electron chi connectivity index (χ3n) is 5.34. The maximum absolute atomic E-state index is 12.7. The van der Waals surface area contributed by atoms with Crippen LogP contribution >= 0.6 is 0 Å². The van der Waals surface area contributed by atoms with Gasteiger partial charge < -0.3 is 20.4 Å².